The first-order valence-electron chi connectivity index (χ1n) is 6.74. The number of hydrogen-bond acceptors (Lipinski definition) is 2. The van der Waals surface area contributed by atoms with Crippen LogP contribution in [-0.4, -0.2) is 11.5 Å². The third kappa shape index (κ3) is 4.63. The molecule has 0 aliphatic rings. The van der Waals surface area contributed by atoms with E-state index in [2.05, 4.69) is 73.3 Å². The summed E-state index contributed by atoms with van der Waals surface area (Å²) < 4.78 is 0. The maximum absolute atomic E-state index is 4.28. The second-order valence-electron chi connectivity index (χ2n) is 4.50. The summed E-state index contributed by atoms with van der Waals surface area (Å²) in [5.74, 6) is 2.18. The summed E-state index contributed by atoms with van der Waals surface area (Å²) >= 11 is 6.31. The molecule has 0 atom stereocenters. The Balaban J connectivity index is 2.10. The highest BCUT2D eigenvalue weighted by Crippen LogP contribution is 2.35. The van der Waals surface area contributed by atoms with Gasteiger partial charge in [-0.3, -0.25) is 0 Å². The lowest BCUT2D eigenvalue weighted by Gasteiger charge is -2.17. The highest BCUT2D eigenvalue weighted by molar-refractivity contribution is 7.99. The van der Waals surface area contributed by atoms with Crippen molar-refractivity contribution >= 4 is 24.4 Å². The van der Waals surface area contributed by atoms with Crippen LogP contribution < -0.4 is 0 Å². The Bertz CT molecular complexity index is 414. The number of benzene rings is 2. The molecular formula is C17H20S2. The van der Waals surface area contributed by atoms with Crippen molar-refractivity contribution in [1.82, 2.24) is 0 Å². The zero-order chi connectivity index (χ0) is 13.3. The van der Waals surface area contributed by atoms with Gasteiger partial charge in [-0.15, -0.1) is 11.8 Å². The summed E-state index contributed by atoms with van der Waals surface area (Å²) in [6, 6.07) is 21.6. The third-order valence-electron chi connectivity index (χ3n) is 3.04. The van der Waals surface area contributed by atoms with Crippen molar-refractivity contribution in [2.24, 2.45) is 0 Å². The van der Waals surface area contributed by atoms with Crippen LogP contribution in [0.15, 0.2) is 60.7 Å². The Morgan fingerprint density at radius 3 is 1.79 bits per heavy atom. The molecule has 0 aromatic heterocycles. The number of hydrogen-bond donors (Lipinski definition) is 1. The zero-order valence-electron chi connectivity index (χ0n) is 11.0. The van der Waals surface area contributed by atoms with Crippen molar-refractivity contribution < 1.29 is 0 Å². The van der Waals surface area contributed by atoms with E-state index in [1.165, 1.54) is 29.7 Å². The van der Waals surface area contributed by atoms with Gasteiger partial charge in [-0.1, -0.05) is 60.7 Å². The molecule has 2 rings (SSSR count). The Morgan fingerprint density at radius 1 is 0.789 bits per heavy atom. The normalized spacial score (nSPS) is 10.8. The van der Waals surface area contributed by atoms with Gasteiger partial charge in [0.15, 0.2) is 0 Å². The van der Waals surface area contributed by atoms with Crippen LogP contribution >= 0.6 is 24.4 Å². The first-order valence-corrected chi connectivity index (χ1v) is 8.42. The van der Waals surface area contributed by atoms with Crippen molar-refractivity contribution in [2.75, 3.05) is 11.5 Å². The lowest BCUT2D eigenvalue weighted by atomic mass is 10.0. The van der Waals surface area contributed by atoms with E-state index in [4.69, 9.17) is 0 Å². The van der Waals surface area contributed by atoms with E-state index in [1.807, 2.05) is 11.8 Å². The Labute approximate surface area is 126 Å². The second kappa shape index (κ2) is 8.34. The zero-order valence-corrected chi connectivity index (χ0v) is 12.7. The lowest BCUT2D eigenvalue weighted by molar-refractivity contribution is 0.907. The predicted molar refractivity (Wildman–Crippen MR) is 90.3 cm³/mol. The molecule has 100 valence electrons. The van der Waals surface area contributed by atoms with Crippen LogP contribution in [0.25, 0.3) is 0 Å². The number of thioether (sulfide) groups is 1. The van der Waals surface area contributed by atoms with E-state index in [-0.39, 0.29) is 0 Å². The fourth-order valence-corrected chi connectivity index (χ4v) is 3.58. The minimum absolute atomic E-state index is 0.447. The summed E-state index contributed by atoms with van der Waals surface area (Å²) in [5, 5.41) is 0.447. The van der Waals surface area contributed by atoms with E-state index in [0.29, 0.717) is 5.25 Å². The molecule has 0 saturated carbocycles. The molecule has 0 saturated heterocycles. The summed E-state index contributed by atoms with van der Waals surface area (Å²) in [5.41, 5.74) is 2.79. The van der Waals surface area contributed by atoms with Crippen LogP contribution in [0.2, 0.25) is 0 Å². The number of thiol groups is 1. The Hall–Kier alpha value is -0.860. The van der Waals surface area contributed by atoms with Gasteiger partial charge < -0.3 is 0 Å². The maximum Gasteiger partial charge on any atom is 0.0546 e. The van der Waals surface area contributed by atoms with Gasteiger partial charge in [-0.05, 0) is 35.5 Å². The summed E-state index contributed by atoms with van der Waals surface area (Å²) in [6.07, 6.45) is 2.44. The van der Waals surface area contributed by atoms with E-state index in [0.717, 1.165) is 5.75 Å². The van der Waals surface area contributed by atoms with Crippen molar-refractivity contribution in [3.63, 3.8) is 0 Å². The molecule has 0 radical (unpaired) electrons. The largest absolute Gasteiger partial charge is 0.179 e. The van der Waals surface area contributed by atoms with E-state index >= 15 is 0 Å². The molecule has 0 bridgehead atoms. The lowest BCUT2D eigenvalue weighted by Crippen LogP contribution is -1.98. The highest BCUT2D eigenvalue weighted by atomic mass is 32.2. The molecule has 0 N–H and O–H groups in total. The fourth-order valence-electron chi connectivity index (χ4n) is 2.06. The summed E-state index contributed by atoms with van der Waals surface area (Å²) in [4.78, 5) is 0. The molecule has 0 heterocycles. The average molecular weight is 288 g/mol. The molecule has 2 aromatic carbocycles. The molecule has 0 nitrogen and oxygen atoms in total. The van der Waals surface area contributed by atoms with Crippen molar-refractivity contribution in [1.29, 1.82) is 0 Å². The predicted octanol–water partition coefficient (Wildman–Crippen LogP) is 5.22. The molecule has 0 aliphatic carbocycles. The van der Waals surface area contributed by atoms with Gasteiger partial charge in [0.2, 0.25) is 0 Å². The monoisotopic (exact) mass is 288 g/mol. The van der Waals surface area contributed by atoms with Crippen LogP contribution in [0.1, 0.15) is 29.2 Å². The van der Waals surface area contributed by atoms with Gasteiger partial charge in [0, 0.05) is 0 Å². The van der Waals surface area contributed by atoms with Gasteiger partial charge in [0.05, 0.1) is 5.25 Å². The standard InChI is InChI=1S/C17H20S2/c18-13-7-8-14-19-17(15-9-3-1-4-10-15)16-11-5-2-6-12-16/h1-6,9-12,17-18H,7-8,13-14H2. The highest BCUT2D eigenvalue weighted by Gasteiger charge is 2.13. The maximum atomic E-state index is 4.28. The van der Waals surface area contributed by atoms with E-state index in [1.54, 1.807) is 0 Å². The van der Waals surface area contributed by atoms with Crippen molar-refractivity contribution in [3.05, 3.63) is 71.8 Å². The van der Waals surface area contributed by atoms with Gasteiger partial charge in [-0.2, -0.15) is 12.6 Å². The molecule has 0 amide bonds. The molecule has 0 spiro atoms. The Morgan fingerprint density at radius 2 is 1.32 bits per heavy atom. The number of rotatable bonds is 7. The Kier molecular flexibility index (Phi) is 6.38. The van der Waals surface area contributed by atoms with Crippen LogP contribution in [-0.2, 0) is 0 Å². The first-order chi connectivity index (χ1) is 9.42. The van der Waals surface area contributed by atoms with Gasteiger partial charge in [0.25, 0.3) is 0 Å². The second-order valence-corrected chi connectivity index (χ2v) is 6.16. The summed E-state index contributed by atoms with van der Waals surface area (Å²) in [6.45, 7) is 0. The summed E-state index contributed by atoms with van der Waals surface area (Å²) in [7, 11) is 0. The molecule has 0 unspecified atom stereocenters. The van der Waals surface area contributed by atoms with Gasteiger partial charge >= 0.3 is 0 Å². The molecule has 2 heteroatoms. The molecule has 19 heavy (non-hydrogen) atoms. The minimum Gasteiger partial charge on any atom is -0.179 e. The van der Waals surface area contributed by atoms with E-state index in [9.17, 15) is 0 Å². The van der Waals surface area contributed by atoms with Crippen molar-refractivity contribution in [3.8, 4) is 0 Å². The van der Waals surface area contributed by atoms with Crippen LogP contribution in [0.5, 0.6) is 0 Å². The third-order valence-corrected chi connectivity index (χ3v) is 4.76. The number of unbranched alkanes of at least 4 members (excludes halogenated alkanes) is 1. The quantitative estimate of drug-likeness (QED) is 0.538. The molecule has 0 fully saturated rings. The van der Waals surface area contributed by atoms with Crippen molar-refractivity contribution in [2.45, 2.75) is 18.1 Å². The van der Waals surface area contributed by atoms with Gasteiger partial charge in [-0.25, -0.2) is 0 Å². The van der Waals surface area contributed by atoms with Gasteiger partial charge in [0.1, 0.15) is 0 Å². The minimum atomic E-state index is 0.447. The molecule has 2 aromatic rings. The first kappa shape index (κ1) is 14.5. The van der Waals surface area contributed by atoms with Crippen LogP contribution in [0.3, 0.4) is 0 Å². The van der Waals surface area contributed by atoms with Crippen LogP contribution in [0.4, 0.5) is 0 Å². The van der Waals surface area contributed by atoms with Crippen LogP contribution in [0, 0.1) is 0 Å². The average Bonchev–Trinajstić information content (AvgIpc) is 2.49. The topological polar surface area (TPSA) is 0 Å². The molecular weight excluding hydrogens is 268 g/mol. The molecule has 0 aliphatic heterocycles. The smallest absolute Gasteiger partial charge is 0.0546 e. The SMILES string of the molecule is SCCCCSC(c1ccccc1)c1ccccc1. The van der Waals surface area contributed by atoms with E-state index < -0.39 is 0 Å². The fraction of sp³-hybridized carbons (Fsp3) is 0.294.